The average molecular weight is 247 g/mol. The highest BCUT2D eigenvalue weighted by Crippen LogP contribution is 2.32. The molecule has 1 aliphatic heterocycles. The fourth-order valence-electron chi connectivity index (χ4n) is 2.60. The molecule has 1 unspecified atom stereocenters. The standard InChI is InChI=1S/C14H21N3O/c1-3-5-14(6-8-15-10-14)13(18)17-12-9-11(2)4-7-16-12/h4,7,9,15H,3,5-6,8,10H2,1-2H3,(H,16,17,18). The Bertz CT molecular complexity index is 425. The molecule has 2 rings (SSSR count). The van der Waals surface area contributed by atoms with Gasteiger partial charge in [-0.15, -0.1) is 0 Å². The third kappa shape index (κ3) is 2.70. The molecule has 4 heteroatoms. The number of nitrogens with zero attached hydrogens (tertiary/aromatic N) is 1. The largest absolute Gasteiger partial charge is 0.316 e. The molecule has 0 aromatic carbocycles. The van der Waals surface area contributed by atoms with Crippen LogP contribution in [0.1, 0.15) is 31.7 Å². The number of carbonyl (C=O) groups excluding carboxylic acids is 1. The van der Waals surface area contributed by atoms with Crippen molar-refractivity contribution in [2.75, 3.05) is 18.4 Å². The van der Waals surface area contributed by atoms with E-state index in [0.717, 1.165) is 37.9 Å². The van der Waals surface area contributed by atoms with Gasteiger partial charge in [-0.05, 0) is 44.0 Å². The first-order valence-electron chi connectivity index (χ1n) is 6.61. The highest BCUT2D eigenvalue weighted by atomic mass is 16.2. The molecule has 4 nitrogen and oxygen atoms in total. The predicted molar refractivity (Wildman–Crippen MR) is 72.4 cm³/mol. The van der Waals surface area contributed by atoms with Crippen molar-refractivity contribution in [1.29, 1.82) is 0 Å². The van der Waals surface area contributed by atoms with Crippen LogP contribution in [0.5, 0.6) is 0 Å². The molecule has 0 saturated carbocycles. The average Bonchev–Trinajstić information content (AvgIpc) is 2.79. The number of hydrogen-bond donors (Lipinski definition) is 2. The van der Waals surface area contributed by atoms with Crippen molar-refractivity contribution in [3.05, 3.63) is 23.9 Å². The molecule has 0 radical (unpaired) electrons. The Labute approximate surface area is 108 Å². The lowest BCUT2D eigenvalue weighted by molar-refractivity contribution is -0.125. The third-order valence-corrected chi connectivity index (χ3v) is 3.61. The smallest absolute Gasteiger partial charge is 0.233 e. The van der Waals surface area contributed by atoms with Gasteiger partial charge in [0.1, 0.15) is 5.82 Å². The summed E-state index contributed by atoms with van der Waals surface area (Å²) in [5.74, 6) is 0.759. The van der Waals surface area contributed by atoms with Crippen LogP contribution in [0.15, 0.2) is 18.3 Å². The Balaban J connectivity index is 2.10. The third-order valence-electron chi connectivity index (χ3n) is 3.61. The zero-order valence-electron chi connectivity index (χ0n) is 11.1. The molecule has 18 heavy (non-hydrogen) atoms. The van der Waals surface area contributed by atoms with E-state index in [0.29, 0.717) is 5.82 Å². The summed E-state index contributed by atoms with van der Waals surface area (Å²) in [6.45, 7) is 5.82. The SMILES string of the molecule is CCCC1(C(=O)Nc2cc(C)ccn2)CCNC1. The van der Waals surface area contributed by atoms with Gasteiger partial charge in [-0.25, -0.2) is 4.98 Å². The molecule has 2 N–H and O–H groups in total. The van der Waals surface area contributed by atoms with Crippen LogP contribution in [-0.2, 0) is 4.79 Å². The number of carbonyl (C=O) groups is 1. The molecular weight excluding hydrogens is 226 g/mol. The van der Waals surface area contributed by atoms with Gasteiger partial charge in [0.25, 0.3) is 0 Å². The normalized spacial score (nSPS) is 23.0. The van der Waals surface area contributed by atoms with E-state index in [-0.39, 0.29) is 11.3 Å². The Hall–Kier alpha value is -1.42. The van der Waals surface area contributed by atoms with Gasteiger partial charge < -0.3 is 10.6 Å². The van der Waals surface area contributed by atoms with Gasteiger partial charge in [-0.3, -0.25) is 4.79 Å². The van der Waals surface area contributed by atoms with Crippen molar-refractivity contribution in [2.24, 2.45) is 5.41 Å². The van der Waals surface area contributed by atoms with Crippen LogP contribution < -0.4 is 10.6 Å². The summed E-state index contributed by atoms with van der Waals surface area (Å²) in [6.07, 6.45) is 4.59. The van der Waals surface area contributed by atoms with E-state index in [4.69, 9.17) is 0 Å². The van der Waals surface area contributed by atoms with E-state index >= 15 is 0 Å². The van der Waals surface area contributed by atoms with Crippen LogP contribution in [0, 0.1) is 12.3 Å². The molecule has 1 aromatic heterocycles. The first kappa shape index (κ1) is 13.0. The molecule has 0 spiro atoms. The number of anilines is 1. The van der Waals surface area contributed by atoms with Crippen LogP contribution in [-0.4, -0.2) is 24.0 Å². The first-order valence-corrected chi connectivity index (χ1v) is 6.61. The number of rotatable bonds is 4. The van der Waals surface area contributed by atoms with E-state index in [9.17, 15) is 4.79 Å². The fraction of sp³-hybridized carbons (Fsp3) is 0.571. The summed E-state index contributed by atoms with van der Waals surface area (Å²) < 4.78 is 0. The van der Waals surface area contributed by atoms with Crippen LogP contribution >= 0.6 is 0 Å². The minimum Gasteiger partial charge on any atom is -0.316 e. The lowest BCUT2D eigenvalue weighted by Gasteiger charge is -2.26. The fourth-order valence-corrected chi connectivity index (χ4v) is 2.60. The molecule has 98 valence electrons. The number of pyridine rings is 1. The summed E-state index contributed by atoms with van der Waals surface area (Å²) >= 11 is 0. The van der Waals surface area contributed by atoms with Crippen molar-refractivity contribution in [3.8, 4) is 0 Å². The second-order valence-corrected chi connectivity index (χ2v) is 5.13. The van der Waals surface area contributed by atoms with Crippen molar-refractivity contribution >= 4 is 11.7 Å². The Morgan fingerprint density at radius 1 is 1.61 bits per heavy atom. The monoisotopic (exact) mass is 247 g/mol. The van der Waals surface area contributed by atoms with E-state index in [1.807, 2.05) is 19.1 Å². The van der Waals surface area contributed by atoms with Gasteiger partial charge in [0.05, 0.1) is 5.41 Å². The number of hydrogen-bond acceptors (Lipinski definition) is 3. The van der Waals surface area contributed by atoms with Gasteiger partial charge in [-0.1, -0.05) is 13.3 Å². The zero-order valence-corrected chi connectivity index (χ0v) is 11.1. The Morgan fingerprint density at radius 3 is 3.06 bits per heavy atom. The van der Waals surface area contributed by atoms with Gasteiger partial charge in [0.2, 0.25) is 5.91 Å². The van der Waals surface area contributed by atoms with E-state index < -0.39 is 0 Å². The molecule has 1 saturated heterocycles. The minimum absolute atomic E-state index is 0.104. The van der Waals surface area contributed by atoms with Crippen LogP contribution in [0.25, 0.3) is 0 Å². The van der Waals surface area contributed by atoms with Crippen molar-refractivity contribution in [1.82, 2.24) is 10.3 Å². The highest BCUT2D eigenvalue weighted by Gasteiger charge is 2.40. The molecule has 1 aliphatic rings. The Morgan fingerprint density at radius 2 is 2.44 bits per heavy atom. The van der Waals surface area contributed by atoms with Gasteiger partial charge in [0, 0.05) is 12.7 Å². The lowest BCUT2D eigenvalue weighted by Crippen LogP contribution is -2.38. The topological polar surface area (TPSA) is 54.0 Å². The number of aryl methyl sites for hydroxylation is 1. The molecule has 1 aromatic rings. The van der Waals surface area contributed by atoms with Gasteiger partial charge >= 0.3 is 0 Å². The summed E-state index contributed by atoms with van der Waals surface area (Å²) in [7, 11) is 0. The van der Waals surface area contributed by atoms with Crippen molar-refractivity contribution < 1.29 is 4.79 Å². The number of amides is 1. The Kier molecular flexibility index (Phi) is 3.97. The lowest BCUT2D eigenvalue weighted by atomic mass is 9.81. The number of aromatic nitrogens is 1. The maximum atomic E-state index is 12.4. The second-order valence-electron chi connectivity index (χ2n) is 5.13. The highest BCUT2D eigenvalue weighted by molar-refractivity contribution is 5.95. The van der Waals surface area contributed by atoms with E-state index in [1.54, 1.807) is 6.20 Å². The zero-order chi connectivity index (χ0) is 13.0. The van der Waals surface area contributed by atoms with Crippen molar-refractivity contribution in [2.45, 2.75) is 33.1 Å². The number of nitrogens with one attached hydrogen (secondary N) is 2. The first-order chi connectivity index (χ1) is 8.66. The molecule has 1 amide bonds. The molecule has 0 bridgehead atoms. The van der Waals surface area contributed by atoms with E-state index in [2.05, 4.69) is 22.5 Å². The van der Waals surface area contributed by atoms with Crippen LogP contribution in [0.3, 0.4) is 0 Å². The molecule has 1 fully saturated rings. The van der Waals surface area contributed by atoms with Gasteiger partial charge in [0.15, 0.2) is 0 Å². The summed E-state index contributed by atoms with van der Waals surface area (Å²) in [5, 5.41) is 6.26. The maximum Gasteiger partial charge on any atom is 0.233 e. The summed E-state index contributed by atoms with van der Waals surface area (Å²) in [6, 6.07) is 3.83. The second kappa shape index (κ2) is 5.48. The van der Waals surface area contributed by atoms with Crippen LogP contribution in [0.2, 0.25) is 0 Å². The van der Waals surface area contributed by atoms with Crippen molar-refractivity contribution in [3.63, 3.8) is 0 Å². The van der Waals surface area contributed by atoms with E-state index in [1.165, 1.54) is 0 Å². The quantitative estimate of drug-likeness (QED) is 0.856. The molecule has 2 heterocycles. The maximum absolute atomic E-state index is 12.4. The summed E-state index contributed by atoms with van der Waals surface area (Å²) in [5.41, 5.74) is 0.856. The molecule has 1 atom stereocenters. The van der Waals surface area contributed by atoms with Gasteiger partial charge in [-0.2, -0.15) is 0 Å². The molecular formula is C14H21N3O. The summed E-state index contributed by atoms with van der Waals surface area (Å²) in [4.78, 5) is 16.6. The van der Waals surface area contributed by atoms with Crippen LogP contribution in [0.4, 0.5) is 5.82 Å². The molecule has 0 aliphatic carbocycles. The minimum atomic E-state index is -0.250. The predicted octanol–water partition coefficient (Wildman–Crippen LogP) is 2.11.